The first-order chi connectivity index (χ1) is 25.5. The van der Waals surface area contributed by atoms with Crippen molar-refractivity contribution in [3.05, 3.63) is 199 Å². The Kier molecular flexibility index (Phi) is 20.4. The van der Waals surface area contributed by atoms with Crippen LogP contribution in [0.25, 0.3) is 43.8 Å². The summed E-state index contributed by atoms with van der Waals surface area (Å²) in [5, 5.41) is 5.48. The molecule has 0 radical (unpaired) electrons. The molecule has 0 atom stereocenters. The molecule has 0 heterocycles. The Morgan fingerprint density at radius 2 is 0.818 bits per heavy atom. The van der Waals surface area contributed by atoms with Gasteiger partial charge in [-0.05, 0) is 33.1 Å². The molecule has 0 saturated carbocycles. The second-order valence-corrected chi connectivity index (χ2v) is 16.4. The Morgan fingerprint density at radius 1 is 0.509 bits per heavy atom. The van der Waals surface area contributed by atoms with E-state index in [4.69, 9.17) is 0 Å². The molecule has 0 fully saturated rings. The van der Waals surface area contributed by atoms with Gasteiger partial charge < -0.3 is 24.8 Å². The van der Waals surface area contributed by atoms with Crippen molar-refractivity contribution >= 4 is 25.3 Å². The Labute approximate surface area is 358 Å². The van der Waals surface area contributed by atoms with Crippen molar-refractivity contribution in [3.63, 3.8) is 0 Å². The van der Waals surface area contributed by atoms with E-state index in [9.17, 15) is 0 Å². The molecule has 1 aliphatic carbocycles. The second-order valence-electron chi connectivity index (χ2n) is 15.0. The van der Waals surface area contributed by atoms with Crippen LogP contribution in [0.2, 0.25) is 0 Å². The maximum Gasteiger partial charge on any atom is -0.0184 e. The Morgan fingerprint density at radius 3 is 1.04 bits per heavy atom. The van der Waals surface area contributed by atoms with Gasteiger partial charge in [0, 0.05) is 0 Å². The Balaban J connectivity index is 0.000000265. The second kappa shape index (κ2) is 23.8. The quantitative estimate of drug-likeness (QED) is 0.153. The molecule has 7 aromatic rings. The Hall–Kier alpha value is -4.00. The molecule has 0 amide bonds. The molecule has 55 heavy (non-hydrogen) atoms. The van der Waals surface area contributed by atoms with E-state index in [0.717, 1.165) is 6.42 Å². The molecule has 8 rings (SSSR count). The molecule has 7 aromatic carbocycles. The van der Waals surface area contributed by atoms with Crippen molar-refractivity contribution in [2.45, 2.75) is 65.7 Å². The van der Waals surface area contributed by atoms with Crippen LogP contribution in [0.15, 0.2) is 182 Å². The fourth-order valence-corrected chi connectivity index (χ4v) is 5.82. The van der Waals surface area contributed by atoms with Crippen LogP contribution in [-0.2, 0) is 35.1 Å². The minimum atomic E-state index is 0. The minimum absolute atomic E-state index is 0. The molecular formula is C52H54Cl2Zr-2. The van der Waals surface area contributed by atoms with Crippen LogP contribution >= 0.6 is 0 Å². The molecule has 3 heteroatoms. The maximum atomic E-state index is 2.99. The summed E-state index contributed by atoms with van der Waals surface area (Å²) in [6.07, 6.45) is 10.0. The van der Waals surface area contributed by atoms with Crippen molar-refractivity contribution in [3.8, 4) is 22.3 Å². The molecular weight excluding hydrogens is 787 g/mol. The van der Waals surface area contributed by atoms with E-state index in [1.165, 1.54) is 79.2 Å². The van der Waals surface area contributed by atoms with Gasteiger partial charge >= 0.3 is 34.9 Å². The number of hydrogen-bond acceptors (Lipinski definition) is 0. The van der Waals surface area contributed by atoms with Gasteiger partial charge in [-0.15, -0.1) is 46.2 Å². The average molecular weight is 841 g/mol. The van der Waals surface area contributed by atoms with Gasteiger partial charge in [-0.3, -0.25) is 6.08 Å². The van der Waals surface area contributed by atoms with E-state index in [1.807, 2.05) is 43.3 Å². The van der Waals surface area contributed by atoms with E-state index < -0.39 is 0 Å². The molecule has 0 saturated heterocycles. The largest absolute Gasteiger partial charge is 1.00 e. The maximum absolute atomic E-state index is 2.99. The Bertz CT molecular complexity index is 1940. The van der Waals surface area contributed by atoms with E-state index >= 15 is 0 Å². The monoisotopic (exact) mass is 838 g/mol. The van der Waals surface area contributed by atoms with Gasteiger partial charge in [0.25, 0.3) is 0 Å². The van der Waals surface area contributed by atoms with E-state index in [1.54, 1.807) is 0 Å². The number of fused-ring (bicyclic) bond motifs is 3. The van der Waals surface area contributed by atoms with Crippen LogP contribution in [0.4, 0.5) is 0 Å². The van der Waals surface area contributed by atoms with E-state index in [2.05, 4.69) is 197 Å². The molecule has 1 aliphatic rings. The summed E-state index contributed by atoms with van der Waals surface area (Å²) in [6.45, 7) is 15.7. The molecule has 0 N–H and O–H groups in total. The summed E-state index contributed by atoms with van der Waals surface area (Å²) in [5.41, 5.74) is 8.32. The van der Waals surface area contributed by atoms with Gasteiger partial charge in [0.15, 0.2) is 0 Å². The summed E-state index contributed by atoms with van der Waals surface area (Å²) >= 11 is 1.51. The van der Waals surface area contributed by atoms with Crippen LogP contribution in [0.3, 0.4) is 0 Å². The van der Waals surface area contributed by atoms with Gasteiger partial charge in [-0.25, -0.2) is 12.2 Å². The minimum Gasteiger partial charge on any atom is -1.00 e. The average Bonchev–Trinajstić information content (AvgIpc) is 3.88. The van der Waals surface area contributed by atoms with Crippen molar-refractivity contribution < 1.29 is 49.0 Å². The summed E-state index contributed by atoms with van der Waals surface area (Å²) in [5.74, 6) is 0. The van der Waals surface area contributed by atoms with Crippen molar-refractivity contribution in [2.24, 2.45) is 0 Å². The topological polar surface area (TPSA) is 0 Å². The third-order valence-corrected chi connectivity index (χ3v) is 8.78. The molecule has 0 aromatic heterocycles. The summed E-state index contributed by atoms with van der Waals surface area (Å²) in [6, 6.07) is 57.7. The predicted octanol–water partition coefficient (Wildman–Crippen LogP) is 8.68. The van der Waals surface area contributed by atoms with Crippen LogP contribution in [-0.4, -0.2) is 3.71 Å². The van der Waals surface area contributed by atoms with E-state index in [-0.39, 0.29) is 35.6 Å². The first kappa shape index (κ1) is 47.2. The van der Waals surface area contributed by atoms with Crippen molar-refractivity contribution in [1.82, 2.24) is 0 Å². The van der Waals surface area contributed by atoms with Gasteiger partial charge in [-0.1, -0.05) is 198 Å². The van der Waals surface area contributed by atoms with E-state index in [0.29, 0.717) is 0 Å². The van der Waals surface area contributed by atoms with Crippen LogP contribution < -0.4 is 24.8 Å². The predicted molar refractivity (Wildman–Crippen MR) is 232 cm³/mol. The first-order valence-corrected chi connectivity index (χ1v) is 19.9. The first-order valence-electron chi connectivity index (χ1n) is 18.5. The molecule has 0 nitrogen and oxygen atoms in total. The number of allylic oxidation sites excluding steroid dienone is 4. The van der Waals surface area contributed by atoms with Gasteiger partial charge in [-0.2, -0.15) is 6.08 Å². The van der Waals surface area contributed by atoms with Crippen molar-refractivity contribution in [1.29, 1.82) is 0 Å². The summed E-state index contributed by atoms with van der Waals surface area (Å²) < 4.78 is 2.09. The zero-order valence-electron chi connectivity index (χ0n) is 33.4. The molecule has 0 spiro atoms. The number of benzene rings is 6. The van der Waals surface area contributed by atoms with Crippen LogP contribution in [0.1, 0.15) is 66.0 Å². The third kappa shape index (κ3) is 15.2. The number of hydrogen-bond donors (Lipinski definition) is 0. The molecule has 0 aliphatic heterocycles. The summed E-state index contributed by atoms with van der Waals surface area (Å²) in [4.78, 5) is 0. The zero-order chi connectivity index (χ0) is 38.1. The number of rotatable bonds is 2. The number of halogens is 2. The molecule has 282 valence electrons. The third-order valence-electron chi connectivity index (χ3n) is 8.78. The summed E-state index contributed by atoms with van der Waals surface area (Å²) in [7, 11) is 0. The van der Waals surface area contributed by atoms with Gasteiger partial charge in [0.05, 0.1) is 0 Å². The molecule has 0 bridgehead atoms. The van der Waals surface area contributed by atoms with Gasteiger partial charge in [0.1, 0.15) is 0 Å². The van der Waals surface area contributed by atoms with Gasteiger partial charge in [0.2, 0.25) is 0 Å². The smallest absolute Gasteiger partial charge is 0.0184 e. The molecule has 0 unspecified atom stereocenters. The normalized spacial score (nSPS) is 11.1. The SMILES string of the molecule is CC(C)(C)c1ccc2c(c1)[cH-]c1cc(C(C)(C)C)ccc12.C[CH]=[Zr+2].[C-]1=CC=CC1.[Cl-].[Cl-].c1ccc(-c2ccccc2)cc1.c1ccc(-c2ccccc2)cc1. The van der Waals surface area contributed by atoms with Crippen LogP contribution in [0, 0.1) is 6.08 Å². The van der Waals surface area contributed by atoms with Crippen molar-refractivity contribution in [2.75, 3.05) is 0 Å². The fourth-order valence-electron chi connectivity index (χ4n) is 5.82. The zero-order valence-corrected chi connectivity index (χ0v) is 37.3. The van der Waals surface area contributed by atoms with Crippen LogP contribution in [0.5, 0.6) is 0 Å². The fraction of sp³-hybridized carbons (Fsp3) is 0.192. The standard InChI is InChI=1S/C21H25.2C12H10.C5H5.C2H4.2ClH.Zr/c1-20(2,3)16-7-9-18-14(12-16)11-15-13-17(21(4,5)6)8-10-19(15)18;2*1-3-7-11(8-4-1)12-9-5-2-6-10-12;1-2-4-5-3-1;1-2;;;/h7-13H,1-6H3;2*1-10H;1-3H,4H2;1H,2H3;2*1H;/q-1;;;-1;;;;+2/p-2.